The SMILES string of the molecule is CC(C)[C@]12CC[C@H](C)[C@@H]1C2. The molecule has 0 aromatic rings. The molecule has 2 aliphatic rings. The average molecular weight is 138 g/mol. The van der Waals surface area contributed by atoms with Crippen molar-refractivity contribution in [1.82, 2.24) is 0 Å². The molecule has 2 saturated carbocycles. The molecule has 0 heterocycles. The second-order valence-corrected chi connectivity index (χ2v) is 4.71. The first-order valence-electron chi connectivity index (χ1n) is 4.67. The second kappa shape index (κ2) is 1.78. The molecule has 2 fully saturated rings. The standard InChI is InChI=1S/C10H18/c1-7(2)10-5-4-8(3)9(10)6-10/h7-9H,4-6H2,1-3H3/t8-,9-,10+/m0/s1. The van der Waals surface area contributed by atoms with Crippen molar-refractivity contribution in [2.75, 3.05) is 0 Å². The summed E-state index contributed by atoms with van der Waals surface area (Å²) >= 11 is 0. The summed E-state index contributed by atoms with van der Waals surface area (Å²) in [4.78, 5) is 0. The van der Waals surface area contributed by atoms with Gasteiger partial charge in [0.1, 0.15) is 0 Å². The van der Waals surface area contributed by atoms with Gasteiger partial charge in [0, 0.05) is 0 Å². The highest BCUT2D eigenvalue weighted by Gasteiger charge is 2.61. The molecule has 0 unspecified atom stereocenters. The summed E-state index contributed by atoms with van der Waals surface area (Å²) in [6.07, 6.45) is 4.57. The molecule has 0 aromatic carbocycles. The highest BCUT2D eigenvalue weighted by Crippen LogP contribution is 2.69. The van der Waals surface area contributed by atoms with Gasteiger partial charge in [-0.25, -0.2) is 0 Å². The van der Waals surface area contributed by atoms with Crippen LogP contribution < -0.4 is 0 Å². The molecule has 0 N–H and O–H groups in total. The van der Waals surface area contributed by atoms with Gasteiger partial charge in [0.2, 0.25) is 0 Å². The van der Waals surface area contributed by atoms with Crippen molar-refractivity contribution in [2.24, 2.45) is 23.2 Å². The lowest BCUT2D eigenvalue weighted by molar-refractivity contribution is 0.342. The van der Waals surface area contributed by atoms with Crippen LogP contribution >= 0.6 is 0 Å². The maximum Gasteiger partial charge on any atom is -0.0240 e. The zero-order valence-corrected chi connectivity index (χ0v) is 7.35. The zero-order chi connectivity index (χ0) is 7.35. The molecular weight excluding hydrogens is 120 g/mol. The van der Waals surface area contributed by atoms with Crippen LogP contribution in [-0.4, -0.2) is 0 Å². The Kier molecular flexibility index (Phi) is 1.19. The number of hydrogen-bond donors (Lipinski definition) is 0. The van der Waals surface area contributed by atoms with Crippen LogP contribution in [0, 0.1) is 23.2 Å². The van der Waals surface area contributed by atoms with Gasteiger partial charge in [-0.05, 0) is 42.4 Å². The van der Waals surface area contributed by atoms with Gasteiger partial charge in [0.25, 0.3) is 0 Å². The van der Waals surface area contributed by atoms with Gasteiger partial charge in [-0.3, -0.25) is 0 Å². The molecule has 0 bridgehead atoms. The third kappa shape index (κ3) is 0.627. The van der Waals surface area contributed by atoms with E-state index in [1.807, 2.05) is 0 Å². The van der Waals surface area contributed by atoms with Crippen molar-refractivity contribution < 1.29 is 0 Å². The highest BCUT2D eigenvalue weighted by molar-refractivity contribution is 5.10. The van der Waals surface area contributed by atoms with Crippen molar-refractivity contribution >= 4 is 0 Å². The summed E-state index contributed by atoms with van der Waals surface area (Å²) in [6, 6.07) is 0. The van der Waals surface area contributed by atoms with Crippen LogP contribution in [0.1, 0.15) is 40.0 Å². The molecule has 0 amide bonds. The predicted molar refractivity (Wildman–Crippen MR) is 43.8 cm³/mol. The molecule has 58 valence electrons. The highest BCUT2D eigenvalue weighted by atomic mass is 14.7. The Morgan fingerprint density at radius 1 is 1.40 bits per heavy atom. The number of rotatable bonds is 1. The first kappa shape index (κ1) is 6.69. The van der Waals surface area contributed by atoms with E-state index in [0.29, 0.717) is 0 Å². The third-order valence-corrected chi connectivity index (χ3v) is 4.08. The minimum Gasteiger partial charge on any atom is -0.0622 e. The quantitative estimate of drug-likeness (QED) is 0.522. The summed E-state index contributed by atoms with van der Waals surface area (Å²) in [5.41, 5.74) is 0.833. The molecule has 3 atom stereocenters. The maximum atomic E-state index is 2.43. The van der Waals surface area contributed by atoms with Crippen LogP contribution in [0.2, 0.25) is 0 Å². The Morgan fingerprint density at radius 3 is 2.30 bits per heavy atom. The van der Waals surface area contributed by atoms with Gasteiger partial charge < -0.3 is 0 Å². The fourth-order valence-electron chi connectivity index (χ4n) is 3.06. The van der Waals surface area contributed by atoms with E-state index in [1.165, 1.54) is 12.8 Å². The van der Waals surface area contributed by atoms with E-state index < -0.39 is 0 Å². The molecule has 2 aliphatic carbocycles. The van der Waals surface area contributed by atoms with E-state index in [2.05, 4.69) is 20.8 Å². The lowest BCUT2D eigenvalue weighted by atomic mass is 9.90. The van der Waals surface area contributed by atoms with Crippen LogP contribution in [0.25, 0.3) is 0 Å². The van der Waals surface area contributed by atoms with Gasteiger partial charge in [-0.1, -0.05) is 20.8 Å². The Morgan fingerprint density at radius 2 is 2.10 bits per heavy atom. The summed E-state index contributed by atoms with van der Waals surface area (Å²) in [5, 5.41) is 0. The molecule has 0 spiro atoms. The van der Waals surface area contributed by atoms with Gasteiger partial charge in [-0.2, -0.15) is 0 Å². The molecular formula is C10H18. The van der Waals surface area contributed by atoms with Crippen molar-refractivity contribution in [1.29, 1.82) is 0 Å². The largest absolute Gasteiger partial charge is 0.0622 e. The van der Waals surface area contributed by atoms with E-state index in [1.54, 1.807) is 6.42 Å². The Labute approximate surface area is 64.0 Å². The van der Waals surface area contributed by atoms with Crippen molar-refractivity contribution in [3.8, 4) is 0 Å². The van der Waals surface area contributed by atoms with Crippen molar-refractivity contribution in [2.45, 2.75) is 40.0 Å². The fourth-order valence-corrected chi connectivity index (χ4v) is 3.06. The summed E-state index contributed by atoms with van der Waals surface area (Å²) in [6.45, 7) is 7.23. The molecule has 0 saturated heterocycles. The molecule has 0 radical (unpaired) electrons. The molecule has 0 nitrogen and oxygen atoms in total. The molecule has 0 heteroatoms. The van der Waals surface area contributed by atoms with E-state index in [0.717, 1.165) is 23.2 Å². The van der Waals surface area contributed by atoms with Gasteiger partial charge in [-0.15, -0.1) is 0 Å². The maximum absolute atomic E-state index is 2.43. The van der Waals surface area contributed by atoms with E-state index in [4.69, 9.17) is 0 Å². The average Bonchev–Trinajstić information content (AvgIpc) is 2.52. The zero-order valence-electron chi connectivity index (χ0n) is 7.35. The third-order valence-electron chi connectivity index (χ3n) is 4.08. The Hall–Kier alpha value is 0. The Balaban J connectivity index is 2.11. The molecule has 0 aliphatic heterocycles. The summed E-state index contributed by atoms with van der Waals surface area (Å²) < 4.78 is 0. The summed E-state index contributed by atoms with van der Waals surface area (Å²) in [5.74, 6) is 3.11. The van der Waals surface area contributed by atoms with Gasteiger partial charge >= 0.3 is 0 Å². The normalized spacial score (nSPS) is 51.6. The van der Waals surface area contributed by atoms with E-state index >= 15 is 0 Å². The van der Waals surface area contributed by atoms with Crippen molar-refractivity contribution in [3.05, 3.63) is 0 Å². The molecule has 10 heavy (non-hydrogen) atoms. The van der Waals surface area contributed by atoms with Crippen LogP contribution in [0.4, 0.5) is 0 Å². The van der Waals surface area contributed by atoms with E-state index in [-0.39, 0.29) is 0 Å². The van der Waals surface area contributed by atoms with Crippen LogP contribution in [0.3, 0.4) is 0 Å². The van der Waals surface area contributed by atoms with Crippen LogP contribution in [-0.2, 0) is 0 Å². The van der Waals surface area contributed by atoms with Crippen LogP contribution in [0.5, 0.6) is 0 Å². The topological polar surface area (TPSA) is 0 Å². The molecule has 0 aromatic heterocycles. The monoisotopic (exact) mass is 138 g/mol. The fraction of sp³-hybridized carbons (Fsp3) is 1.00. The minimum atomic E-state index is 0.833. The smallest absolute Gasteiger partial charge is 0.0240 e. The lowest BCUT2D eigenvalue weighted by Crippen LogP contribution is -2.07. The first-order chi connectivity index (χ1) is 4.67. The van der Waals surface area contributed by atoms with Crippen LogP contribution in [0.15, 0.2) is 0 Å². The first-order valence-corrected chi connectivity index (χ1v) is 4.67. The Bertz CT molecular complexity index is 148. The molecule has 2 rings (SSSR count). The number of hydrogen-bond acceptors (Lipinski definition) is 0. The summed E-state index contributed by atoms with van der Waals surface area (Å²) in [7, 11) is 0. The van der Waals surface area contributed by atoms with Crippen molar-refractivity contribution in [3.63, 3.8) is 0 Å². The second-order valence-electron chi connectivity index (χ2n) is 4.71. The minimum absolute atomic E-state index is 0.833. The van der Waals surface area contributed by atoms with Gasteiger partial charge in [0.15, 0.2) is 0 Å². The number of fused-ring (bicyclic) bond motifs is 1. The van der Waals surface area contributed by atoms with Gasteiger partial charge in [0.05, 0.1) is 0 Å². The lowest BCUT2D eigenvalue weighted by Gasteiger charge is -2.15. The van der Waals surface area contributed by atoms with E-state index in [9.17, 15) is 0 Å². The predicted octanol–water partition coefficient (Wildman–Crippen LogP) is 3.08.